The molecule has 2 heterocycles. The van der Waals surface area contributed by atoms with Crippen LogP contribution < -0.4 is 4.90 Å². The van der Waals surface area contributed by atoms with Gasteiger partial charge in [0.2, 0.25) is 5.91 Å². The zero-order valence-corrected chi connectivity index (χ0v) is 13.3. The van der Waals surface area contributed by atoms with Crippen molar-refractivity contribution in [2.75, 3.05) is 11.4 Å². The number of H-pyrrole nitrogens is 1. The lowest BCUT2D eigenvalue weighted by Crippen LogP contribution is -2.25. The fourth-order valence-electron chi connectivity index (χ4n) is 3.32. The Kier molecular flexibility index (Phi) is 3.18. The van der Waals surface area contributed by atoms with Gasteiger partial charge in [0.1, 0.15) is 5.82 Å². The average molecular weight is 305 g/mol. The van der Waals surface area contributed by atoms with Gasteiger partial charge in [0.15, 0.2) is 0 Å². The number of benzene rings is 2. The molecule has 1 unspecified atom stereocenters. The molecule has 0 spiro atoms. The molecule has 116 valence electrons. The number of carbonyl (C=O) groups excluding carboxylic acids is 1. The summed E-state index contributed by atoms with van der Waals surface area (Å²) in [5.74, 6) is 1.20. The summed E-state index contributed by atoms with van der Waals surface area (Å²) in [6.07, 6.45) is 0.507. The van der Waals surface area contributed by atoms with Crippen LogP contribution in [0.25, 0.3) is 11.0 Å². The van der Waals surface area contributed by atoms with Crippen LogP contribution >= 0.6 is 0 Å². The first-order valence-corrected chi connectivity index (χ1v) is 7.94. The topological polar surface area (TPSA) is 49.0 Å². The summed E-state index contributed by atoms with van der Waals surface area (Å²) in [5.41, 5.74) is 5.39. The van der Waals surface area contributed by atoms with E-state index in [0.717, 1.165) is 22.5 Å². The molecule has 1 aliphatic rings. The van der Waals surface area contributed by atoms with Crippen molar-refractivity contribution >= 4 is 22.6 Å². The lowest BCUT2D eigenvalue weighted by molar-refractivity contribution is -0.117. The molecule has 2 aromatic carbocycles. The van der Waals surface area contributed by atoms with Crippen molar-refractivity contribution in [3.8, 4) is 0 Å². The molecule has 1 amide bonds. The zero-order valence-electron chi connectivity index (χ0n) is 13.3. The molecule has 1 N–H and O–H groups in total. The van der Waals surface area contributed by atoms with Crippen LogP contribution in [0.5, 0.6) is 0 Å². The van der Waals surface area contributed by atoms with Crippen LogP contribution in [-0.4, -0.2) is 22.4 Å². The number of nitrogens with one attached hydrogen (secondary N) is 1. The Bertz CT molecular complexity index is 864. The Morgan fingerprint density at radius 2 is 1.96 bits per heavy atom. The molecule has 0 bridgehead atoms. The Morgan fingerprint density at radius 1 is 1.13 bits per heavy atom. The summed E-state index contributed by atoms with van der Waals surface area (Å²) in [4.78, 5) is 22.5. The Hall–Kier alpha value is -2.62. The van der Waals surface area contributed by atoms with Crippen LogP contribution in [0.15, 0.2) is 42.5 Å². The van der Waals surface area contributed by atoms with Crippen LogP contribution in [0.2, 0.25) is 0 Å². The number of fused-ring (bicyclic) bond motifs is 1. The summed E-state index contributed by atoms with van der Waals surface area (Å²) in [6.45, 7) is 4.84. The second-order valence-electron chi connectivity index (χ2n) is 6.26. The number of nitrogens with zero attached hydrogens (tertiary/aromatic N) is 2. The van der Waals surface area contributed by atoms with E-state index in [2.05, 4.69) is 29.9 Å². The van der Waals surface area contributed by atoms with Crippen molar-refractivity contribution < 1.29 is 4.79 Å². The second-order valence-corrected chi connectivity index (χ2v) is 6.26. The fraction of sp³-hybridized carbons (Fsp3) is 0.263. The molecule has 1 fully saturated rings. The predicted molar refractivity (Wildman–Crippen MR) is 91.7 cm³/mol. The third kappa shape index (κ3) is 2.31. The van der Waals surface area contributed by atoms with Crippen LogP contribution in [0, 0.1) is 13.8 Å². The second kappa shape index (κ2) is 5.23. The lowest BCUT2D eigenvalue weighted by Gasteiger charge is -2.20. The maximum absolute atomic E-state index is 12.5. The minimum atomic E-state index is 0.120. The van der Waals surface area contributed by atoms with Crippen molar-refractivity contribution in [1.82, 2.24) is 9.97 Å². The van der Waals surface area contributed by atoms with Gasteiger partial charge in [0, 0.05) is 24.6 Å². The Balaban J connectivity index is 1.66. The molecule has 1 atom stereocenters. The first-order valence-electron chi connectivity index (χ1n) is 7.94. The van der Waals surface area contributed by atoms with Crippen LogP contribution in [-0.2, 0) is 4.79 Å². The average Bonchev–Trinajstić information content (AvgIpc) is 3.13. The highest BCUT2D eigenvalue weighted by Gasteiger charge is 2.34. The molecular weight excluding hydrogens is 286 g/mol. The number of aromatic amines is 1. The number of hydrogen-bond acceptors (Lipinski definition) is 2. The number of anilines is 1. The SMILES string of the molecule is Cc1cccc(N2CC(c3nc4ccccc4[nH]3)CC2=O)c1C. The molecule has 23 heavy (non-hydrogen) atoms. The molecule has 1 aromatic heterocycles. The molecular formula is C19H19N3O. The summed E-state index contributed by atoms with van der Waals surface area (Å²) in [5, 5.41) is 0. The fourth-order valence-corrected chi connectivity index (χ4v) is 3.32. The quantitative estimate of drug-likeness (QED) is 0.785. The first kappa shape index (κ1) is 14.0. The van der Waals surface area contributed by atoms with E-state index in [1.165, 1.54) is 11.1 Å². The van der Waals surface area contributed by atoms with E-state index in [1.54, 1.807) is 0 Å². The third-order valence-corrected chi connectivity index (χ3v) is 4.79. The van der Waals surface area contributed by atoms with Crippen molar-refractivity contribution in [3.63, 3.8) is 0 Å². The van der Waals surface area contributed by atoms with Crippen LogP contribution in [0.4, 0.5) is 5.69 Å². The minimum absolute atomic E-state index is 0.120. The number of rotatable bonds is 2. The molecule has 1 aliphatic heterocycles. The van der Waals surface area contributed by atoms with E-state index in [-0.39, 0.29) is 11.8 Å². The van der Waals surface area contributed by atoms with Gasteiger partial charge in [0.05, 0.1) is 11.0 Å². The highest BCUT2D eigenvalue weighted by atomic mass is 16.2. The molecule has 3 aromatic rings. The number of aryl methyl sites for hydroxylation is 1. The number of imidazole rings is 1. The van der Waals surface area contributed by atoms with Gasteiger partial charge in [-0.15, -0.1) is 0 Å². The predicted octanol–water partition coefficient (Wildman–Crippen LogP) is 3.70. The maximum Gasteiger partial charge on any atom is 0.227 e. The third-order valence-electron chi connectivity index (χ3n) is 4.79. The molecule has 0 radical (unpaired) electrons. The standard InChI is InChI=1S/C19H19N3O/c1-12-6-5-9-17(13(12)2)22-11-14(10-18(22)23)19-20-15-7-3-4-8-16(15)21-19/h3-9,14H,10-11H2,1-2H3,(H,20,21). The monoisotopic (exact) mass is 305 g/mol. The summed E-state index contributed by atoms with van der Waals surface area (Å²) < 4.78 is 0. The minimum Gasteiger partial charge on any atom is -0.342 e. The smallest absolute Gasteiger partial charge is 0.227 e. The molecule has 4 heteroatoms. The van der Waals surface area contributed by atoms with E-state index in [0.29, 0.717) is 13.0 Å². The molecule has 4 nitrogen and oxygen atoms in total. The van der Waals surface area contributed by atoms with Gasteiger partial charge in [-0.05, 0) is 43.2 Å². The van der Waals surface area contributed by atoms with E-state index >= 15 is 0 Å². The molecule has 1 saturated heterocycles. The van der Waals surface area contributed by atoms with Crippen molar-refractivity contribution in [2.24, 2.45) is 0 Å². The van der Waals surface area contributed by atoms with Gasteiger partial charge in [-0.1, -0.05) is 24.3 Å². The highest BCUT2D eigenvalue weighted by Crippen LogP contribution is 2.33. The Labute approximate surface area is 135 Å². The first-order chi connectivity index (χ1) is 11.1. The van der Waals surface area contributed by atoms with Crippen molar-refractivity contribution in [2.45, 2.75) is 26.2 Å². The zero-order chi connectivity index (χ0) is 16.0. The summed E-state index contributed by atoms with van der Waals surface area (Å²) >= 11 is 0. The summed E-state index contributed by atoms with van der Waals surface area (Å²) in [7, 11) is 0. The Morgan fingerprint density at radius 3 is 2.78 bits per heavy atom. The number of para-hydroxylation sites is 2. The van der Waals surface area contributed by atoms with Gasteiger partial charge in [0.25, 0.3) is 0 Å². The normalized spacial score (nSPS) is 18.1. The maximum atomic E-state index is 12.5. The van der Waals surface area contributed by atoms with Crippen LogP contribution in [0.1, 0.15) is 29.3 Å². The van der Waals surface area contributed by atoms with Gasteiger partial charge >= 0.3 is 0 Å². The van der Waals surface area contributed by atoms with E-state index in [9.17, 15) is 4.79 Å². The number of hydrogen-bond donors (Lipinski definition) is 1. The van der Waals surface area contributed by atoms with E-state index in [4.69, 9.17) is 0 Å². The van der Waals surface area contributed by atoms with Crippen molar-refractivity contribution in [1.29, 1.82) is 0 Å². The largest absolute Gasteiger partial charge is 0.342 e. The number of carbonyl (C=O) groups is 1. The molecule has 0 saturated carbocycles. The van der Waals surface area contributed by atoms with Gasteiger partial charge in [-0.25, -0.2) is 4.98 Å². The number of amides is 1. The van der Waals surface area contributed by atoms with Gasteiger partial charge < -0.3 is 9.88 Å². The van der Waals surface area contributed by atoms with E-state index < -0.39 is 0 Å². The number of aromatic nitrogens is 2. The summed E-state index contributed by atoms with van der Waals surface area (Å²) in [6, 6.07) is 14.1. The van der Waals surface area contributed by atoms with Gasteiger partial charge in [-0.3, -0.25) is 4.79 Å². The lowest BCUT2D eigenvalue weighted by atomic mass is 10.1. The molecule has 4 rings (SSSR count). The van der Waals surface area contributed by atoms with Crippen molar-refractivity contribution in [3.05, 3.63) is 59.4 Å². The van der Waals surface area contributed by atoms with Gasteiger partial charge in [-0.2, -0.15) is 0 Å². The van der Waals surface area contributed by atoms with E-state index in [1.807, 2.05) is 41.3 Å². The van der Waals surface area contributed by atoms with Crippen LogP contribution in [0.3, 0.4) is 0 Å². The highest BCUT2D eigenvalue weighted by molar-refractivity contribution is 5.97. The molecule has 0 aliphatic carbocycles.